The Balaban J connectivity index is 1.62. The molecule has 1 unspecified atom stereocenters. The molecule has 1 N–H and O–H groups in total. The van der Waals surface area contributed by atoms with E-state index in [2.05, 4.69) is 5.43 Å². The van der Waals surface area contributed by atoms with Gasteiger partial charge in [0.05, 0.1) is 11.1 Å². The monoisotopic (exact) mass is 536 g/mol. The van der Waals surface area contributed by atoms with Gasteiger partial charge in [-0.15, -0.1) is 0 Å². The number of fused-ring (bicyclic) bond motifs is 1. The summed E-state index contributed by atoms with van der Waals surface area (Å²) >= 11 is 0. The van der Waals surface area contributed by atoms with Crippen LogP contribution in [0.2, 0.25) is 0 Å². The average molecular weight is 536 g/mol. The highest BCUT2D eigenvalue weighted by Crippen LogP contribution is 2.44. The second-order valence-electron chi connectivity index (χ2n) is 9.24. The molecule has 1 aliphatic carbocycles. The van der Waals surface area contributed by atoms with Gasteiger partial charge in [-0.3, -0.25) is 4.79 Å². The summed E-state index contributed by atoms with van der Waals surface area (Å²) in [6.07, 6.45) is -6.28. The normalized spacial score (nSPS) is 20.8. The second kappa shape index (κ2) is 9.38. The van der Waals surface area contributed by atoms with E-state index in [4.69, 9.17) is 0 Å². The number of amides is 1. The SMILES string of the molecule is Cc1ccc(C(/C=C(\F)c2ccc3c(c2)C(F)(F)N(NC2CCC(F)(F)CC2)C3=O)C(F)(F)F)cc1F. The van der Waals surface area contributed by atoms with E-state index >= 15 is 8.78 Å². The molecule has 0 radical (unpaired) electrons. The fraction of sp³-hybridized carbons (Fsp3) is 0.400. The number of carbonyl (C=O) groups is 1. The number of alkyl halides is 7. The number of nitrogens with zero attached hydrogens (tertiary/aromatic N) is 1. The number of allylic oxidation sites excluding steroid dienone is 1. The van der Waals surface area contributed by atoms with Gasteiger partial charge in [0.15, 0.2) is 0 Å². The maximum absolute atomic E-state index is 15.1. The molecule has 200 valence electrons. The Morgan fingerprint density at radius 1 is 1.08 bits per heavy atom. The van der Waals surface area contributed by atoms with Gasteiger partial charge < -0.3 is 0 Å². The van der Waals surface area contributed by atoms with Crippen molar-refractivity contribution in [1.82, 2.24) is 10.4 Å². The molecular formula is C25H21F9N2O. The number of carbonyl (C=O) groups excluding carboxylic acids is 1. The Labute approximate surface area is 205 Å². The van der Waals surface area contributed by atoms with Crippen LogP contribution in [0.4, 0.5) is 39.5 Å². The molecule has 3 nitrogen and oxygen atoms in total. The number of rotatable bonds is 5. The lowest BCUT2D eigenvalue weighted by molar-refractivity contribution is -0.153. The molecule has 1 fully saturated rings. The summed E-state index contributed by atoms with van der Waals surface area (Å²) in [5.74, 6) is -9.10. The zero-order valence-electron chi connectivity index (χ0n) is 19.3. The summed E-state index contributed by atoms with van der Waals surface area (Å²) in [5, 5.41) is -0.00913. The van der Waals surface area contributed by atoms with E-state index in [1.807, 2.05) is 0 Å². The number of hydrogen-bond donors (Lipinski definition) is 1. The molecule has 37 heavy (non-hydrogen) atoms. The van der Waals surface area contributed by atoms with E-state index < -0.39 is 82.8 Å². The maximum atomic E-state index is 15.1. The van der Waals surface area contributed by atoms with Crippen molar-refractivity contribution in [3.05, 3.63) is 76.1 Å². The number of nitrogens with one attached hydrogen (secondary N) is 1. The van der Waals surface area contributed by atoms with E-state index in [9.17, 15) is 35.5 Å². The van der Waals surface area contributed by atoms with Gasteiger partial charge in [-0.25, -0.2) is 28.0 Å². The Morgan fingerprint density at radius 2 is 1.73 bits per heavy atom. The molecule has 2 aromatic rings. The summed E-state index contributed by atoms with van der Waals surface area (Å²) in [4.78, 5) is 12.6. The molecule has 12 heteroatoms. The lowest BCUT2D eigenvalue weighted by Gasteiger charge is -2.34. The number of benzene rings is 2. The third-order valence-electron chi connectivity index (χ3n) is 6.58. The first-order valence-corrected chi connectivity index (χ1v) is 11.3. The number of aryl methyl sites for hydroxylation is 1. The van der Waals surface area contributed by atoms with Crippen LogP contribution in [0.5, 0.6) is 0 Å². The van der Waals surface area contributed by atoms with Crippen molar-refractivity contribution in [3.8, 4) is 0 Å². The van der Waals surface area contributed by atoms with Gasteiger partial charge in [0, 0.05) is 24.4 Å². The van der Waals surface area contributed by atoms with Crippen LogP contribution in [0.15, 0.2) is 42.5 Å². The van der Waals surface area contributed by atoms with E-state index in [0.717, 1.165) is 24.3 Å². The third kappa shape index (κ3) is 5.34. The van der Waals surface area contributed by atoms with Crippen LogP contribution in [0.1, 0.15) is 64.2 Å². The summed E-state index contributed by atoms with van der Waals surface area (Å²) in [7, 11) is 0. The zero-order valence-corrected chi connectivity index (χ0v) is 19.3. The quantitative estimate of drug-likeness (QED) is 0.320. The minimum absolute atomic E-state index is 0.00913. The Hall–Kier alpha value is -3.02. The van der Waals surface area contributed by atoms with E-state index in [1.54, 1.807) is 0 Å². The largest absolute Gasteiger partial charge is 0.399 e. The van der Waals surface area contributed by atoms with Crippen LogP contribution < -0.4 is 5.43 Å². The van der Waals surface area contributed by atoms with Crippen LogP contribution in [-0.2, 0) is 6.05 Å². The van der Waals surface area contributed by atoms with Crippen LogP contribution in [0, 0.1) is 12.7 Å². The lowest BCUT2D eigenvalue weighted by atomic mass is 9.93. The van der Waals surface area contributed by atoms with Crippen LogP contribution >= 0.6 is 0 Å². The topological polar surface area (TPSA) is 32.3 Å². The first-order valence-electron chi connectivity index (χ1n) is 11.3. The number of hydrogen-bond acceptors (Lipinski definition) is 2. The molecule has 4 rings (SSSR count). The first-order chi connectivity index (χ1) is 17.1. The fourth-order valence-corrected chi connectivity index (χ4v) is 4.41. The molecule has 1 aliphatic heterocycles. The van der Waals surface area contributed by atoms with Gasteiger partial charge in [0.2, 0.25) is 5.92 Å². The van der Waals surface area contributed by atoms with Crippen LogP contribution in [0.3, 0.4) is 0 Å². The summed E-state index contributed by atoms with van der Waals surface area (Å²) in [6.45, 7) is 1.34. The molecule has 0 aromatic heterocycles. The smallest absolute Gasteiger partial charge is 0.267 e. The molecular weight excluding hydrogens is 515 g/mol. The molecule has 1 saturated carbocycles. The molecule has 0 spiro atoms. The fourth-order valence-electron chi connectivity index (χ4n) is 4.41. The van der Waals surface area contributed by atoms with Gasteiger partial charge in [0.1, 0.15) is 17.6 Å². The molecule has 1 atom stereocenters. The van der Waals surface area contributed by atoms with Crippen molar-refractivity contribution < 1.29 is 44.3 Å². The summed E-state index contributed by atoms with van der Waals surface area (Å²) in [6, 6.07) is 0.169. The average Bonchev–Trinajstić information content (AvgIpc) is 2.99. The highest BCUT2D eigenvalue weighted by atomic mass is 19.4. The Morgan fingerprint density at radius 3 is 2.32 bits per heavy atom. The molecule has 2 aromatic carbocycles. The van der Waals surface area contributed by atoms with E-state index in [-0.39, 0.29) is 29.5 Å². The number of hydrazine groups is 1. The van der Waals surface area contributed by atoms with Crippen molar-refractivity contribution in [2.45, 2.75) is 62.7 Å². The zero-order chi connectivity index (χ0) is 27.3. The standard InChI is InChI=1S/C25H21F9N2O/c1-13-2-3-14(11-20(13)26)18(24(30,31)32)12-21(27)15-4-5-17-19(10-15)25(33,34)36(22(17)37)35-16-6-8-23(28,29)9-7-16/h2-5,10-12,16,18,35H,6-9H2,1H3/b21-12-. The van der Waals surface area contributed by atoms with Crippen LogP contribution in [-0.4, -0.2) is 29.1 Å². The Kier molecular flexibility index (Phi) is 6.85. The van der Waals surface area contributed by atoms with Crippen molar-refractivity contribution in [2.75, 3.05) is 0 Å². The molecule has 1 heterocycles. The minimum atomic E-state index is -5.02. The van der Waals surface area contributed by atoms with Gasteiger partial charge in [-0.2, -0.15) is 22.0 Å². The van der Waals surface area contributed by atoms with Crippen molar-refractivity contribution in [3.63, 3.8) is 0 Å². The third-order valence-corrected chi connectivity index (χ3v) is 6.58. The van der Waals surface area contributed by atoms with Crippen molar-refractivity contribution >= 4 is 11.7 Å². The van der Waals surface area contributed by atoms with E-state index in [0.29, 0.717) is 12.1 Å². The van der Waals surface area contributed by atoms with E-state index in [1.165, 1.54) is 6.92 Å². The highest BCUT2D eigenvalue weighted by Gasteiger charge is 2.53. The lowest BCUT2D eigenvalue weighted by Crippen LogP contribution is -2.53. The maximum Gasteiger partial charge on any atom is 0.399 e. The van der Waals surface area contributed by atoms with Crippen molar-refractivity contribution in [1.29, 1.82) is 0 Å². The predicted octanol–water partition coefficient (Wildman–Crippen LogP) is 7.38. The van der Waals surface area contributed by atoms with Gasteiger partial charge in [-0.1, -0.05) is 18.2 Å². The van der Waals surface area contributed by atoms with Gasteiger partial charge in [0.25, 0.3) is 5.91 Å². The minimum Gasteiger partial charge on any atom is -0.267 e. The van der Waals surface area contributed by atoms with Crippen LogP contribution in [0.25, 0.3) is 5.83 Å². The number of halogens is 9. The second-order valence-corrected chi connectivity index (χ2v) is 9.24. The van der Waals surface area contributed by atoms with Crippen molar-refractivity contribution in [2.24, 2.45) is 0 Å². The first kappa shape index (κ1) is 27.0. The van der Waals surface area contributed by atoms with Gasteiger partial charge in [-0.05, 0) is 55.2 Å². The summed E-state index contributed by atoms with van der Waals surface area (Å²) < 4.78 is 127. The molecule has 2 aliphatic rings. The Bertz CT molecular complexity index is 1230. The molecule has 0 bridgehead atoms. The predicted molar refractivity (Wildman–Crippen MR) is 116 cm³/mol. The summed E-state index contributed by atoms with van der Waals surface area (Å²) in [5.41, 5.74) is -0.321. The molecule has 0 saturated heterocycles. The molecule has 1 amide bonds. The van der Waals surface area contributed by atoms with Gasteiger partial charge >= 0.3 is 12.2 Å². The highest BCUT2D eigenvalue weighted by molar-refractivity contribution is 5.99.